The van der Waals surface area contributed by atoms with Crippen molar-refractivity contribution in [3.05, 3.63) is 34.9 Å². The Morgan fingerprint density at radius 1 is 1.38 bits per heavy atom. The number of nitrogens with two attached hydrogens (primary N) is 2. The van der Waals surface area contributed by atoms with E-state index in [1.165, 1.54) is 11.8 Å². The molecular formula is C11H10N4S. The number of allylic oxidation sites excluding steroid dienone is 1. The first-order chi connectivity index (χ1) is 7.67. The van der Waals surface area contributed by atoms with Gasteiger partial charge in [0, 0.05) is 10.6 Å². The van der Waals surface area contributed by atoms with Gasteiger partial charge in [-0.05, 0) is 18.2 Å². The topological polar surface area (TPSA) is 99.6 Å². The zero-order chi connectivity index (χ0) is 12.0. The fourth-order valence-corrected chi connectivity index (χ4v) is 1.86. The maximum absolute atomic E-state index is 8.78. The molecule has 0 saturated carbocycles. The molecule has 1 aromatic carbocycles. The van der Waals surface area contributed by atoms with Gasteiger partial charge in [-0.2, -0.15) is 10.5 Å². The van der Waals surface area contributed by atoms with E-state index in [1.807, 2.05) is 18.2 Å². The van der Waals surface area contributed by atoms with E-state index in [0.29, 0.717) is 10.7 Å². The molecule has 0 aliphatic rings. The third kappa shape index (κ3) is 3.23. The molecule has 4 N–H and O–H groups in total. The highest BCUT2D eigenvalue weighted by molar-refractivity contribution is 8.03. The van der Waals surface area contributed by atoms with E-state index in [0.717, 1.165) is 4.90 Å². The Morgan fingerprint density at radius 2 is 2.12 bits per heavy atom. The van der Waals surface area contributed by atoms with Crippen LogP contribution in [0.2, 0.25) is 0 Å². The first kappa shape index (κ1) is 12.0. The number of thioether (sulfide) groups is 1. The van der Waals surface area contributed by atoms with Crippen LogP contribution in [-0.4, -0.2) is 0 Å². The van der Waals surface area contributed by atoms with E-state index >= 15 is 0 Å². The van der Waals surface area contributed by atoms with Gasteiger partial charge in [-0.3, -0.25) is 0 Å². The average Bonchev–Trinajstić information content (AvgIpc) is 2.25. The van der Waals surface area contributed by atoms with Gasteiger partial charge >= 0.3 is 0 Å². The number of nitrogens with zero attached hydrogens (tertiary/aromatic N) is 2. The summed E-state index contributed by atoms with van der Waals surface area (Å²) in [6.07, 6.45) is 0.0254. The molecule has 0 amide bonds. The zero-order valence-electron chi connectivity index (χ0n) is 8.47. The number of nitriles is 2. The summed E-state index contributed by atoms with van der Waals surface area (Å²) in [6, 6.07) is 11.0. The van der Waals surface area contributed by atoms with E-state index in [4.69, 9.17) is 22.0 Å². The summed E-state index contributed by atoms with van der Waals surface area (Å²) < 4.78 is 0. The van der Waals surface area contributed by atoms with Crippen molar-refractivity contribution in [2.75, 3.05) is 5.73 Å². The lowest BCUT2D eigenvalue weighted by Gasteiger charge is -2.03. The van der Waals surface area contributed by atoms with Gasteiger partial charge in [0.2, 0.25) is 0 Å². The number of anilines is 1. The number of benzene rings is 1. The Labute approximate surface area is 98.2 Å². The van der Waals surface area contributed by atoms with Crippen LogP contribution in [0.25, 0.3) is 0 Å². The third-order valence-corrected chi connectivity index (χ3v) is 2.73. The summed E-state index contributed by atoms with van der Waals surface area (Å²) in [7, 11) is 0. The summed E-state index contributed by atoms with van der Waals surface area (Å²) in [5, 5.41) is 17.6. The highest BCUT2D eigenvalue weighted by Crippen LogP contribution is 2.27. The summed E-state index contributed by atoms with van der Waals surface area (Å²) in [5.74, 6) is 0. The Kier molecular flexibility index (Phi) is 4.26. The molecular weight excluding hydrogens is 220 g/mol. The lowest BCUT2D eigenvalue weighted by molar-refractivity contribution is 1.24. The van der Waals surface area contributed by atoms with Crippen LogP contribution in [-0.2, 0) is 0 Å². The van der Waals surface area contributed by atoms with Gasteiger partial charge in [-0.15, -0.1) is 0 Å². The van der Waals surface area contributed by atoms with Gasteiger partial charge in [-0.1, -0.05) is 17.8 Å². The quantitative estimate of drug-likeness (QED) is 0.469. The smallest absolute Gasteiger partial charge is 0.0985 e. The molecule has 0 aromatic heterocycles. The van der Waals surface area contributed by atoms with Crippen molar-refractivity contribution in [2.45, 2.75) is 11.3 Å². The van der Waals surface area contributed by atoms with E-state index < -0.39 is 0 Å². The Hall–Kier alpha value is -2.11. The van der Waals surface area contributed by atoms with Crippen LogP contribution in [0.3, 0.4) is 0 Å². The molecule has 4 nitrogen and oxygen atoms in total. The predicted molar refractivity (Wildman–Crippen MR) is 63.8 cm³/mol. The molecule has 5 heteroatoms. The van der Waals surface area contributed by atoms with Crippen molar-refractivity contribution in [3.8, 4) is 12.1 Å². The first-order valence-electron chi connectivity index (χ1n) is 4.46. The minimum atomic E-state index is 0.0254. The molecule has 0 spiro atoms. The van der Waals surface area contributed by atoms with Crippen molar-refractivity contribution in [3.63, 3.8) is 0 Å². The lowest BCUT2D eigenvalue weighted by Crippen LogP contribution is -1.97. The average molecular weight is 230 g/mol. The van der Waals surface area contributed by atoms with Crippen LogP contribution < -0.4 is 11.5 Å². The van der Waals surface area contributed by atoms with Gasteiger partial charge < -0.3 is 11.5 Å². The van der Waals surface area contributed by atoms with Crippen molar-refractivity contribution < 1.29 is 0 Å². The fourth-order valence-electron chi connectivity index (χ4n) is 1.03. The third-order valence-electron chi connectivity index (χ3n) is 1.77. The molecule has 0 radical (unpaired) electrons. The second kappa shape index (κ2) is 5.69. The van der Waals surface area contributed by atoms with E-state index in [2.05, 4.69) is 0 Å². The molecule has 16 heavy (non-hydrogen) atoms. The SMILES string of the molecule is N#CCC(C#N)=C(N)Sc1cccc(N)c1. The molecule has 0 fully saturated rings. The largest absolute Gasteiger partial charge is 0.399 e. The van der Waals surface area contributed by atoms with Gasteiger partial charge in [0.15, 0.2) is 0 Å². The van der Waals surface area contributed by atoms with Crippen LogP contribution in [0.1, 0.15) is 6.42 Å². The zero-order valence-corrected chi connectivity index (χ0v) is 9.29. The summed E-state index contributed by atoms with van der Waals surface area (Å²) in [4.78, 5) is 0.850. The molecule has 1 aromatic rings. The van der Waals surface area contributed by atoms with Crippen molar-refractivity contribution in [2.24, 2.45) is 5.73 Å². The summed E-state index contributed by atoms with van der Waals surface area (Å²) >= 11 is 1.23. The van der Waals surface area contributed by atoms with E-state index in [-0.39, 0.29) is 12.0 Å². The Balaban J connectivity index is 2.90. The van der Waals surface area contributed by atoms with Gasteiger partial charge in [0.1, 0.15) is 0 Å². The van der Waals surface area contributed by atoms with Crippen molar-refractivity contribution in [1.29, 1.82) is 10.5 Å². The molecule has 0 atom stereocenters. The van der Waals surface area contributed by atoms with Gasteiger partial charge in [-0.25, -0.2) is 0 Å². The van der Waals surface area contributed by atoms with Crippen LogP contribution in [0, 0.1) is 22.7 Å². The highest BCUT2D eigenvalue weighted by Gasteiger charge is 2.04. The van der Waals surface area contributed by atoms with E-state index in [9.17, 15) is 0 Å². The second-order valence-corrected chi connectivity index (χ2v) is 4.08. The Bertz CT molecular complexity index is 493. The van der Waals surface area contributed by atoms with Crippen LogP contribution in [0.15, 0.2) is 39.8 Å². The molecule has 0 saturated heterocycles. The minimum absolute atomic E-state index is 0.0254. The second-order valence-electron chi connectivity index (χ2n) is 2.96. The molecule has 0 unspecified atom stereocenters. The first-order valence-corrected chi connectivity index (χ1v) is 5.28. The predicted octanol–water partition coefficient (Wildman–Crippen LogP) is 1.97. The lowest BCUT2D eigenvalue weighted by atomic mass is 10.2. The fraction of sp³-hybridized carbons (Fsp3) is 0.0909. The van der Waals surface area contributed by atoms with Crippen molar-refractivity contribution >= 4 is 17.4 Å². The molecule has 0 aliphatic heterocycles. The van der Waals surface area contributed by atoms with E-state index in [1.54, 1.807) is 18.2 Å². The summed E-state index contributed by atoms with van der Waals surface area (Å²) in [5.41, 5.74) is 12.3. The molecule has 1 rings (SSSR count). The molecule has 0 aliphatic carbocycles. The maximum atomic E-state index is 8.78. The molecule has 0 heterocycles. The normalized spacial score (nSPS) is 11.1. The Morgan fingerprint density at radius 3 is 2.69 bits per heavy atom. The van der Waals surface area contributed by atoms with Crippen LogP contribution >= 0.6 is 11.8 Å². The monoisotopic (exact) mass is 230 g/mol. The minimum Gasteiger partial charge on any atom is -0.399 e. The van der Waals surface area contributed by atoms with Crippen LogP contribution in [0.5, 0.6) is 0 Å². The molecule has 80 valence electrons. The molecule has 0 bridgehead atoms. The van der Waals surface area contributed by atoms with Gasteiger partial charge in [0.05, 0.1) is 29.2 Å². The number of hydrogen-bond acceptors (Lipinski definition) is 5. The summed E-state index contributed by atoms with van der Waals surface area (Å²) in [6.45, 7) is 0. The number of nitrogen functional groups attached to an aromatic ring is 1. The number of hydrogen-bond donors (Lipinski definition) is 2. The number of rotatable bonds is 3. The van der Waals surface area contributed by atoms with Crippen LogP contribution in [0.4, 0.5) is 5.69 Å². The highest BCUT2D eigenvalue weighted by atomic mass is 32.2. The standard InChI is InChI=1S/C11H10N4S/c12-5-4-8(7-13)11(15)16-10-3-1-2-9(14)6-10/h1-3,6H,4,14-15H2. The maximum Gasteiger partial charge on any atom is 0.0985 e. The van der Waals surface area contributed by atoms with Gasteiger partial charge in [0.25, 0.3) is 0 Å². The van der Waals surface area contributed by atoms with Crippen molar-refractivity contribution in [1.82, 2.24) is 0 Å².